The summed E-state index contributed by atoms with van der Waals surface area (Å²) in [6, 6.07) is 12.2. The molecule has 2 rings (SSSR count). The molecule has 0 aliphatic heterocycles. The van der Waals surface area contributed by atoms with Gasteiger partial charge in [0.15, 0.2) is 6.10 Å². The summed E-state index contributed by atoms with van der Waals surface area (Å²) in [5, 5.41) is 0.596. The van der Waals surface area contributed by atoms with Crippen molar-refractivity contribution in [1.29, 1.82) is 0 Å². The number of benzene rings is 2. The van der Waals surface area contributed by atoms with Gasteiger partial charge in [-0.3, -0.25) is 20.4 Å². The predicted octanol–water partition coefficient (Wildman–Crippen LogP) is 2.94. The van der Waals surface area contributed by atoms with Gasteiger partial charge < -0.3 is 9.64 Å². The third kappa shape index (κ3) is 5.13. The molecule has 7 heteroatoms. The topological polar surface area (TPSA) is 70.7 Å². The van der Waals surface area contributed by atoms with E-state index in [1.165, 1.54) is 0 Å². The van der Waals surface area contributed by atoms with Gasteiger partial charge in [-0.05, 0) is 55.8 Å². The molecule has 0 bridgehead atoms. The van der Waals surface area contributed by atoms with E-state index >= 15 is 0 Å². The Morgan fingerprint density at radius 2 is 1.85 bits per heavy atom. The van der Waals surface area contributed by atoms with Crippen LogP contribution in [0.4, 0.5) is 5.69 Å². The maximum Gasteiger partial charge on any atom is 0.279 e. The summed E-state index contributed by atoms with van der Waals surface area (Å²) in [6.07, 6.45) is -0.789. The van der Waals surface area contributed by atoms with Crippen molar-refractivity contribution >= 4 is 29.1 Å². The monoisotopic (exact) mass is 375 g/mol. The minimum atomic E-state index is -0.789. The van der Waals surface area contributed by atoms with Gasteiger partial charge in [0.25, 0.3) is 11.8 Å². The summed E-state index contributed by atoms with van der Waals surface area (Å²) >= 11 is 5.90. The lowest BCUT2D eigenvalue weighted by atomic mass is 10.2. The molecule has 0 aromatic heterocycles. The molecule has 1 atom stereocenters. The lowest BCUT2D eigenvalue weighted by molar-refractivity contribution is -0.128. The van der Waals surface area contributed by atoms with E-state index in [1.54, 1.807) is 43.3 Å². The summed E-state index contributed by atoms with van der Waals surface area (Å²) in [4.78, 5) is 26.2. The van der Waals surface area contributed by atoms with Crippen LogP contribution < -0.4 is 20.5 Å². The Morgan fingerprint density at radius 3 is 2.50 bits per heavy atom. The molecule has 0 fully saturated rings. The number of ether oxygens (including phenoxy) is 1. The van der Waals surface area contributed by atoms with E-state index in [1.807, 2.05) is 32.0 Å². The smallest absolute Gasteiger partial charge is 0.279 e. The molecule has 26 heavy (non-hydrogen) atoms. The van der Waals surface area contributed by atoms with Crippen LogP contribution in [0.2, 0.25) is 5.02 Å². The highest BCUT2D eigenvalue weighted by molar-refractivity contribution is 6.30. The Labute approximate surface area is 158 Å². The van der Waals surface area contributed by atoms with Crippen molar-refractivity contribution < 1.29 is 14.3 Å². The number of nitrogens with zero attached hydrogens (tertiary/aromatic N) is 1. The first-order valence-electron chi connectivity index (χ1n) is 8.08. The van der Waals surface area contributed by atoms with Crippen LogP contribution in [0.5, 0.6) is 5.75 Å². The van der Waals surface area contributed by atoms with Crippen LogP contribution in [0.15, 0.2) is 42.5 Å². The highest BCUT2D eigenvalue weighted by atomic mass is 35.5. The van der Waals surface area contributed by atoms with E-state index in [4.69, 9.17) is 16.3 Å². The third-order valence-corrected chi connectivity index (χ3v) is 3.97. The number of hydrogen-bond donors (Lipinski definition) is 2. The number of carbonyl (C=O) groups excluding carboxylic acids is 2. The molecule has 2 amide bonds. The quantitative estimate of drug-likeness (QED) is 0.788. The van der Waals surface area contributed by atoms with Crippen LogP contribution in [0.1, 0.15) is 22.8 Å². The molecule has 0 saturated carbocycles. The number of aryl methyl sites for hydroxylation is 1. The first kappa shape index (κ1) is 19.6. The van der Waals surface area contributed by atoms with Gasteiger partial charge >= 0.3 is 0 Å². The Balaban J connectivity index is 1.93. The minimum absolute atomic E-state index is 0.406. The number of hydrogen-bond acceptors (Lipinski definition) is 4. The molecular weight excluding hydrogens is 354 g/mol. The second-order valence-electron chi connectivity index (χ2n) is 6.06. The van der Waals surface area contributed by atoms with Crippen LogP contribution in [-0.4, -0.2) is 32.0 Å². The van der Waals surface area contributed by atoms with Gasteiger partial charge in [0.05, 0.1) is 0 Å². The van der Waals surface area contributed by atoms with Crippen LogP contribution >= 0.6 is 11.6 Å². The highest BCUT2D eigenvalue weighted by Gasteiger charge is 2.17. The molecule has 2 N–H and O–H groups in total. The van der Waals surface area contributed by atoms with Crippen LogP contribution in [-0.2, 0) is 4.79 Å². The van der Waals surface area contributed by atoms with Gasteiger partial charge in [-0.25, -0.2) is 0 Å². The molecular formula is C19H22ClN3O3. The van der Waals surface area contributed by atoms with Gasteiger partial charge in [0, 0.05) is 30.4 Å². The lowest BCUT2D eigenvalue weighted by Gasteiger charge is -2.17. The molecule has 2 aromatic rings. The Bertz CT molecular complexity index is 808. The number of anilines is 1. The summed E-state index contributed by atoms with van der Waals surface area (Å²) in [6.45, 7) is 3.44. The molecule has 0 heterocycles. The SMILES string of the molecule is Cc1cc(Cl)ccc1OC(C)C(=O)NNC(=O)c1cccc(N(C)C)c1. The Kier molecular flexibility index (Phi) is 6.46. The minimum Gasteiger partial charge on any atom is -0.481 e. The zero-order valence-electron chi connectivity index (χ0n) is 15.2. The van der Waals surface area contributed by atoms with Crippen molar-refractivity contribution in [2.45, 2.75) is 20.0 Å². The van der Waals surface area contributed by atoms with Crippen molar-refractivity contribution in [1.82, 2.24) is 10.9 Å². The fourth-order valence-corrected chi connectivity index (χ4v) is 2.43. The normalized spacial score (nSPS) is 11.4. The molecule has 0 radical (unpaired) electrons. The number of hydrazine groups is 1. The number of halogens is 1. The average molecular weight is 376 g/mol. The third-order valence-electron chi connectivity index (χ3n) is 3.73. The summed E-state index contributed by atoms with van der Waals surface area (Å²) in [5.74, 6) is -0.310. The van der Waals surface area contributed by atoms with Crippen LogP contribution in [0, 0.1) is 6.92 Å². The van der Waals surface area contributed by atoms with Gasteiger partial charge in [0.1, 0.15) is 5.75 Å². The van der Waals surface area contributed by atoms with E-state index in [0.29, 0.717) is 16.3 Å². The van der Waals surface area contributed by atoms with E-state index in [-0.39, 0.29) is 0 Å². The lowest BCUT2D eigenvalue weighted by Crippen LogP contribution is -2.47. The Hall–Kier alpha value is -2.73. The Morgan fingerprint density at radius 1 is 1.12 bits per heavy atom. The molecule has 0 saturated heterocycles. The number of rotatable bonds is 5. The fourth-order valence-electron chi connectivity index (χ4n) is 2.21. The second-order valence-corrected chi connectivity index (χ2v) is 6.49. The highest BCUT2D eigenvalue weighted by Crippen LogP contribution is 2.22. The van der Waals surface area contributed by atoms with Crippen molar-refractivity contribution in [2.75, 3.05) is 19.0 Å². The summed E-state index contributed by atoms with van der Waals surface area (Å²) in [7, 11) is 3.77. The van der Waals surface area contributed by atoms with Crippen molar-refractivity contribution in [3.8, 4) is 5.75 Å². The summed E-state index contributed by atoms with van der Waals surface area (Å²) < 4.78 is 5.62. The summed E-state index contributed by atoms with van der Waals surface area (Å²) in [5.41, 5.74) is 6.93. The van der Waals surface area contributed by atoms with Crippen molar-refractivity contribution in [2.24, 2.45) is 0 Å². The van der Waals surface area contributed by atoms with Gasteiger partial charge in [0.2, 0.25) is 0 Å². The maximum atomic E-state index is 12.2. The van der Waals surface area contributed by atoms with E-state index in [0.717, 1.165) is 11.3 Å². The molecule has 1 unspecified atom stereocenters. The molecule has 6 nitrogen and oxygen atoms in total. The fraction of sp³-hybridized carbons (Fsp3) is 0.263. The second kappa shape index (κ2) is 8.58. The van der Waals surface area contributed by atoms with Gasteiger partial charge in [-0.1, -0.05) is 17.7 Å². The number of carbonyl (C=O) groups is 2. The largest absolute Gasteiger partial charge is 0.481 e. The zero-order chi connectivity index (χ0) is 19.3. The van der Waals surface area contributed by atoms with Gasteiger partial charge in [-0.15, -0.1) is 0 Å². The first-order valence-corrected chi connectivity index (χ1v) is 8.46. The van der Waals surface area contributed by atoms with Gasteiger partial charge in [-0.2, -0.15) is 0 Å². The van der Waals surface area contributed by atoms with E-state index in [9.17, 15) is 9.59 Å². The molecule has 138 valence electrons. The molecule has 2 aromatic carbocycles. The molecule has 0 spiro atoms. The predicted molar refractivity (Wildman–Crippen MR) is 103 cm³/mol. The molecule has 0 aliphatic carbocycles. The first-order chi connectivity index (χ1) is 12.3. The molecule has 0 aliphatic rings. The number of nitrogens with one attached hydrogen (secondary N) is 2. The standard InChI is InChI=1S/C19H22ClN3O3/c1-12-10-15(20)8-9-17(12)26-13(2)18(24)21-22-19(25)14-6-5-7-16(11-14)23(3)4/h5-11,13H,1-4H3,(H,21,24)(H,22,25). The maximum absolute atomic E-state index is 12.2. The average Bonchev–Trinajstić information content (AvgIpc) is 2.61. The van der Waals surface area contributed by atoms with Crippen molar-refractivity contribution in [3.63, 3.8) is 0 Å². The van der Waals surface area contributed by atoms with Crippen LogP contribution in [0.25, 0.3) is 0 Å². The van der Waals surface area contributed by atoms with E-state index in [2.05, 4.69) is 10.9 Å². The van der Waals surface area contributed by atoms with Crippen LogP contribution in [0.3, 0.4) is 0 Å². The number of amides is 2. The van der Waals surface area contributed by atoms with Crippen molar-refractivity contribution in [3.05, 3.63) is 58.6 Å². The van der Waals surface area contributed by atoms with E-state index < -0.39 is 17.9 Å². The zero-order valence-corrected chi connectivity index (χ0v) is 15.9.